The summed E-state index contributed by atoms with van der Waals surface area (Å²) in [7, 11) is 2.61. The van der Waals surface area contributed by atoms with Crippen LogP contribution < -0.4 is 5.73 Å². The van der Waals surface area contributed by atoms with E-state index in [2.05, 4.69) is 50.8 Å². The van der Waals surface area contributed by atoms with Crippen molar-refractivity contribution >= 4 is 9.24 Å². The topological polar surface area (TPSA) is 46.2 Å². The molecule has 1 aromatic carbocycles. The van der Waals surface area contributed by atoms with Gasteiger partial charge in [0.1, 0.15) is 5.75 Å². The van der Waals surface area contributed by atoms with Gasteiger partial charge in [-0.2, -0.15) is 0 Å². The van der Waals surface area contributed by atoms with Crippen molar-refractivity contribution in [2.24, 2.45) is 5.73 Å². The highest BCUT2D eigenvalue weighted by atomic mass is 31.0. The maximum absolute atomic E-state index is 10.5. The highest BCUT2D eigenvalue weighted by molar-refractivity contribution is 7.17. The molecular weight excluding hydrogens is 241 g/mol. The van der Waals surface area contributed by atoms with Crippen LogP contribution in [0.5, 0.6) is 5.75 Å². The number of benzene rings is 1. The minimum atomic E-state index is -0.104. The maximum Gasteiger partial charge on any atom is 0.123 e. The summed E-state index contributed by atoms with van der Waals surface area (Å²) in [5.41, 5.74) is 8.74. The molecule has 0 amide bonds. The summed E-state index contributed by atoms with van der Waals surface area (Å²) in [4.78, 5) is 0. The lowest BCUT2D eigenvalue weighted by atomic mass is 9.78. The fourth-order valence-corrected chi connectivity index (χ4v) is 2.19. The Morgan fingerprint density at radius 3 is 1.56 bits per heavy atom. The first-order valence-corrected chi connectivity index (χ1v) is 7.00. The van der Waals surface area contributed by atoms with E-state index in [0.29, 0.717) is 5.75 Å². The molecule has 0 spiro atoms. The number of aromatic hydroxyl groups is 1. The summed E-state index contributed by atoms with van der Waals surface area (Å²) in [6.07, 6.45) is 0. The second kappa shape index (κ2) is 4.83. The Kier molecular flexibility index (Phi) is 4.15. The van der Waals surface area contributed by atoms with Crippen molar-refractivity contribution in [2.75, 3.05) is 0 Å². The van der Waals surface area contributed by atoms with Crippen LogP contribution in [0, 0.1) is 0 Å². The van der Waals surface area contributed by atoms with Crippen LogP contribution in [0.15, 0.2) is 12.1 Å². The number of nitrogens with two attached hydrogens (primary N) is 1. The molecule has 0 aliphatic carbocycles. The van der Waals surface area contributed by atoms with Gasteiger partial charge in [-0.3, -0.25) is 0 Å². The summed E-state index contributed by atoms with van der Waals surface area (Å²) in [5.74, 6) is 0.303. The average Bonchev–Trinajstić information content (AvgIpc) is 2.13. The molecule has 0 radical (unpaired) electrons. The van der Waals surface area contributed by atoms with Crippen LogP contribution in [-0.4, -0.2) is 5.11 Å². The summed E-state index contributed by atoms with van der Waals surface area (Å²) in [6.45, 7) is 12.6. The Hall–Kier alpha value is -0.590. The number of phenolic OH excluding ortho intramolecular Hbond substituents is 1. The van der Waals surface area contributed by atoms with Gasteiger partial charge in [0, 0.05) is 5.78 Å². The highest BCUT2D eigenvalue weighted by Crippen LogP contribution is 2.41. The summed E-state index contributed by atoms with van der Waals surface area (Å²) >= 11 is 0. The lowest BCUT2D eigenvalue weighted by molar-refractivity contribution is 0.422. The van der Waals surface area contributed by atoms with Gasteiger partial charge in [-0.25, -0.2) is 0 Å². The second-order valence-electron chi connectivity index (χ2n) is 6.99. The van der Waals surface area contributed by atoms with Gasteiger partial charge in [-0.15, -0.1) is 9.24 Å². The lowest BCUT2D eigenvalue weighted by Gasteiger charge is -2.28. The van der Waals surface area contributed by atoms with Crippen molar-refractivity contribution in [3.8, 4) is 5.75 Å². The van der Waals surface area contributed by atoms with Gasteiger partial charge in [-0.05, 0) is 39.7 Å². The van der Waals surface area contributed by atoms with Crippen LogP contribution in [0.4, 0.5) is 0 Å². The Labute approximate surface area is 113 Å². The third-order valence-corrected chi connectivity index (χ3v) is 3.52. The van der Waals surface area contributed by atoms with Crippen molar-refractivity contribution in [3.63, 3.8) is 0 Å². The van der Waals surface area contributed by atoms with Crippen molar-refractivity contribution in [1.29, 1.82) is 0 Å². The van der Waals surface area contributed by atoms with Crippen molar-refractivity contribution in [1.82, 2.24) is 0 Å². The lowest BCUT2D eigenvalue weighted by Crippen LogP contribution is -2.18. The maximum atomic E-state index is 10.5. The standard InChI is InChI=1S/C15H26NOP/c1-14(2,3)10-7-9(13(16)18)8-11(12(10)17)15(4,5)6/h7-8,13,17H,16,18H2,1-6H3. The molecule has 3 N–H and O–H groups in total. The fraction of sp³-hybridized carbons (Fsp3) is 0.600. The van der Waals surface area contributed by atoms with E-state index in [1.165, 1.54) is 0 Å². The molecule has 3 heteroatoms. The molecule has 0 heterocycles. The van der Waals surface area contributed by atoms with Crippen LogP contribution in [0.1, 0.15) is 64.0 Å². The first-order chi connectivity index (χ1) is 7.94. The Morgan fingerprint density at radius 1 is 1.00 bits per heavy atom. The van der Waals surface area contributed by atoms with E-state index in [9.17, 15) is 5.11 Å². The zero-order valence-electron chi connectivity index (χ0n) is 12.3. The third-order valence-electron chi connectivity index (χ3n) is 3.13. The zero-order chi connectivity index (χ0) is 14.3. The molecule has 0 aliphatic heterocycles. The van der Waals surface area contributed by atoms with E-state index in [-0.39, 0.29) is 16.6 Å². The van der Waals surface area contributed by atoms with Gasteiger partial charge in [0.2, 0.25) is 0 Å². The highest BCUT2D eigenvalue weighted by Gasteiger charge is 2.26. The van der Waals surface area contributed by atoms with Gasteiger partial charge >= 0.3 is 0 Å². The second-order valence-corrected chi connectivity index (χ2v) is 7.71. The molecule has 18 heavy (non-hydrogen) atoms. The molecule has 1 aromatic rings. The predicted molar refractivity (Wildman–Crippen MR) is 82.1 cm³/mol. The van der Waals surface area contributed by atoms with E-state index in [1.807, 2.05) is 12.1 Å². The van der Waals surface area contributed by atoms with Crippen LogP contribution >= 0.6 is 9.24 Å². The SMILES string of the molecule is CC(C)(C)c1cc(C(N)P)cc(C(C)(C)C)c1O. The Morgan fingerprint density at radius 2 is 1.33 bits per heavy atom. The van der Waals surface area contributed by atoms with E-state index < -0.39 is 0 Å². The van der Waals surface area contributed by atoms with E-state index in [4.69, 9.17) is 5.73 Å². The average molecular weight is 267 g/mol. The number of phenols is 1. The van der Waals surface area contributed by atoms with Crippen LogP contribution in [0.3, 0.4) is 0 Å². The molecular formula is C15H26NOP. The van der Waals surface area contributed by atoms with Gasteiger partial charge in [0.05, 0.1) is 0 Å². The summed E-state index contributed by atoms with van der Waals surface area (Å²) < 4.78 is 0. The molecule has 0 bridgehead atoms. The molecule has 0 aromatic heterocycles. The molecule has 0 saturated carbocycles. The van der Waals surface area contributed by atoms with Crippen molar-refractivity contribution in [3.05, 3.63) is 28.8 Å². The molecule has 0 aliphatic rings. The Balaban J connectivity index is 3.59. The van der Waals surface area contributed by atoms with E-state index >= 15 is 0 Å². The number of hydrogen-bond donors (Lipinski definition) is 2. The first kappa shape index (κ1) is 15.5. The predicted octanol–water partition coefficient (Wildman–Crippen LogP) is 3.82. The molecule has 102 valence electrons. The fourth-order valence-electron chi connectivity index (χ4n) is 1.99. The molecule has 2 nitrogen and oxygen atoms in total. The van der Waals surface area contributed by atoms with E-state index in [1.54, 1.807) is 0 Å². The minimum Gasteiger partial charge on any atom is -0.507 e. The van der Waals surface area contributed by atoms with Crippen molar-refractivity contribution < 1.29 is 5.11 Å². The summed E-state index contributed by atoms with van der Waals surface area (Å²) in [5, 5.41) is 10.5. The minimum absolute atomic E-state index is 0.0976. The largest absolute Gasteiger partial charge is 0.507 e. The smallest absolute Gasteiger partial charge is 0.123 e. The zero-order valence-corrected chi connectivity index (χ0v) is 13.5. The molecule has 2 atom stereocenters. The quantitative estimate of drug-likeness (QED) is 0.760. The van der Waals surface area contributed by atoms with Gasteiger partial charge in [0.25, 0.3) is 0 Å². The normalized spacial score (nSPS) is 14.7. The molecule has 0 fully saturated rings. The van der Waals surface area contributed by atoms with Crippen LogP contribution in [-0.2, 0) is 10.8 Å². The number of rotatable bonds is 1. The van der Waals surface area contributed by atoms with Crippen LogP contribution in [0.2, 0.25) is 0 Å². The summed E-state index contributed by atoms with van der Waals surface area (Å²) in [6, 6.07) is 4.03. The molecule has 0 saturated heterocycles. The Bertz CT molecular complexity index is 404. The van der Waals surface area contributed by atoms with Crippen LogP contribution in [0.25, 0.3) is 0 Å². The van der Waals surface area contributed by atoms with Gasteiger partial charge < -0.3 is 10.8 Å². The van der Waals surface area contributed by atoms with E-state index in [0.717, 1.165) is 16.7 Å². The molecule has 1 rings (SSSR count). The van der Waals surface area contributed by atoms with Gasteiger partial charge in [-0.1, -0.05) is 41.5 Å². The first-order valence-electron chi connectivity index (χ1n) is 6.33. The third kappa shape index (κ3) is 3.24. The monoisotopic (exact) mass is 267 g/mol. The van der Waals surface area contributed by atoms with Crippen molar-refractivity contribution in [2.45, 2.75) is 58.2 Å². The van der Waals surface area contributed by atoms with Gasteiger partial charge in [0.15, 0.2) is 0 Å². The number of hydrogen-bond acceptors (Lipinski definition) is 2. The molecule has 2 unspecified atom stereocenters.